The van der Waals surface area contributed by atoms with Crippen molar-refractivity contribution in [1.29, 1.82) is 0 Å². The molecule has 98 valence electrons. The summed E-state index contributed by atoms with van der Waals surface area (Å²) in [5.74, 6) is 0.602. The standard InChI is InChI=1S/C13H30N2O/c1-6-7-12(14)13(9-16)15(11(4)5)8-10(2)3/h10-13,16H,6-9,14H2,1-5H3. The fraction of sp³-hybridized carbons (Fsp3) is 1.00. The van der Waals surface area contributed by atoms with Crippen molar-refractivity contribution in [2.24, 2.45) is 11.7 Å². The van der Waals surface area contributed by atoms with Crippen molar-refractivity contribution in [2.45, 2.75) is 65.6 Å². The Bertz CT molecular complexity index is 171. The van der Waals surface area contributed by atoms with E-state index in [4.69, 9.17) is 5.73 Å². The first kappa shape index (κ1) is 15.9. The van der Waals surface area contributed by atoms with Gasteiger partial charge in [-0.05, 0) is 26.2 Å². The van der Waals surface area contributed by atoms with E-state index in [1.165, 1.54) is 0 Å². The van der Waals surface area contributed by atoms with Crippen molar-refractivity contribution >= 4 is 0 Å². The first-order chi connectivity index (χ1) is 7.43. The van der Waals surface area contributed by atoms with E-state index >= 15 is 0 Å². The van der Waals surface area contributed by atoms with Crippen molar-refractivity contribution in [3.05, 3.63) is 0 Å². The Balaban J connectivity index is 4.56. The van der Waals surface area contributed by atoms with Crippen LogP contribution in [0.4, 0.5) is 0 Å². The van der Waals surface area contributed by atoms with E-state index in [1.807, 2.05) is 0 Å². The Kier molecular flexibility index (Phi) is 7.98. The molecule has 0 aromatic rings. The van der Waals surface area contributed by atoms with E-state index in [0.29, 0.717) is 12.0 Å². The van der Waals surface area contributed by atoms with E-state index in [1.54, 1.807) is 0 Å². The molecule has 0 radical (unpaired) electrons. The second kappa shape index (κ2) is 8.04. The highest BCUT2D eigenvalue weighted by Gasteiger charge is 2.26. The molecule has 0 heterocycles. The molecular weight excluding hydrogens is 200 g/mol. The number of hydrogen-bond acceptors (Lipinski definition) is 3. The first-order valence-corrected chi connectivity index (χ1v) is 6.56. The average molecular weight is 230 g/mol. The van der Waals surface area contributed by atoms with Crippen LogP contribution in [-0.2, 0) is 0 Å². The summed E-state index contributed by atoms with van der Waals surface area (Å²) in [6.07, 6.45) is 2.05. The van der Waals surface area contributed by atoms with Crippen molar-refractivity contribution in [3.8, 4) is 0 Å². The summed E-state index contributed by atoms with van der Waals surface area (Å²) in [7, 11) is 0. The van der Waals surface area contributed by atoms with Gasteiger partial charge < -0.3 is 10.8 Å². The van der Waals surface area contributed by atoms with Crippen LogP contribution in [0.2, 0.25) is 0 Å². The van der Waals surface area contributed by atoms with Crippen LogP contribution >= 0.6 is 0 Å². The maximum absolute atomic E-state index is 9.53. The van der Waals surface area contributed by atoms with E-state index in [0.717, 1.165) is 19.4 Å². The first-order valence-electron chi connectivity index (χ1n) is 6.56. The van der Waals surface area contributed by atoms with Crippen molar-refractivity contribution in [2.75, 3.05) is 13.2 Å². The zero-order valence-corrected chi connectivity index (χ0v) is 11.6. The van der Waals surface area contributed by atoms with Crippen LogP contribution in [0.3, 0.4) is 0 Å². The monoisotopic (exact) mass is 230 g/mol. The molecule has 0 saturated carbocycles. The molecule has 0 aliphatic carbocycles. The van der Waals surface area contributed by atoms with Gasteiger partial charge in [-0.15, -0.1) is 0 Å². The molecule has 3 N–H and O–H groups in total. The highest BCUT2D eigenvalue weighted by atomic mass is 16.3. The van der Waals surface area contributed by atoms with E-state index in [-0.39, 0.29) is 18.7 Å². The van der Waals surface area contributed by atoms with Gasteiger partial charge in [0, 0.05) is 24.7 Å². The van der Waals surface area contributed by atoms with Crippen LogP contribution in [0.15, 0.2) is 0 Å². The van der Waals surface area contributed by atoms with E-state index in [9.17, 15) is 5.11 Å². The van der Waals surface area contributed by atoms with Gasteiger partial charge in [0.25, 0.3) is 0 Å². The zero-order chi connectivity index (χ0) is 12.7. The van der Waals surface area contributed by atoms with Crippen LogP contribution in [0.5, 0.6) is 0 Å². The molecule has 3 nitrogen and oxygen atoms in total. The second-order valence-electron chi connectivity index (χ2n) is 5.39. The third-order valence-corrected chi connectivity index (χ3v) is 2.97. The summed E-state index contributed by atoms with van der Waals surface area (Å²) in [6.45, 7) is 12.0. The highest BCUT2D eigenvalue weighted by Crippen LogP contribution is 2.14. The number of aliphatic hydroxyl groups is 1. The quantitative estimate of drug-likeness (QED) is 0.669. The van der Waals surface area contributed by atoms with Crippen LogP contribution in [0.1, 0.15) is 47.5 Å². The molecule has 0 aromatic heterocycles. The molecule has 0 aliphatic heterocycles. The fourth-order valence-corrected chi connectivity index (χ4v) is 2.16. The molecular formula is C13H30N2O. The Labute approximate surface area is 101 Å². The Morgan fingerprint density at radius 2 is 1.75 bits per heavy atom. The molecule has 0 aromatic carbocycles. The number of aliphatic hydroxyl groups excluding tert-OH is 1. The Morgan fingerprint density at radius 1 is 1.19 bits per heavy atom. The summed E-state index contributed by atoms with van der Waals surface area (Å²) in [6, 6.07) is 0.612. The number of hydrogen-bond donors (Lipinski definition) is 2. The van der Waals surface area contributed by atoms with Gasteiger partial charge in [0.15, 0.2) is 0 Å². The van der Waals surface area contributed by atoms with Crippen LogP contribution in [0, 0.1) is 5.92 Å². The normalized spacial score (nSPS) is 16.1. The predicted molar refractivity (Wildman–Crippen MR) is 70.4 cm³/mol. The third-order valence-electron chi connectivity index (χ3n) is 2.97. The number of nitrogens with zero attached hydrogens (tertiary/aromatic N) is 1. The molecule has 0 bridgehead atoms. The maximum atomic E-state index is 9.53. The van der Waals surface area contributed by atoms with Gasteiger partial charge in [-0.1, -0.05) is 27.2 Å². The van der Waals surface area contributed by atoms with Gasteiger partial charge >= 0.3 is 0 Å². The lowest BCUT2D eigenvalue weighted by Gasteiger charge is -2.38. The smallest absolute Gasteiger partial charge is 0.0602 e. The third kappa shape index (κ3) is 5.28. The van der Waals surface area contributed by atoms with Crippen LogP contribution in [0.25, 0.3) is 0 Å². The Morgan fingerprint density at radius 3 is 2.06 bits per heavy atom. The molecule has 0 rings (SSSR count). The zero-order valence-electron chi connectivity index (χ0n) is 11.6. The SMILES string of the molecule is CCCC(N)C(CO)N(CC(C)C)C(C)C. The van der Waals surface area contributed by atoms with Gasteiger partial charge in [-0.3, -0.25) is 4.90 Å². The minimum Gasteiger partial charge on any atom is -0.395 e. The van der Waals surface area contributed by atoms with Gasteiger partial charge in [0.05, 0.1) is 6.61 Å². The van der Waals surface area contributed by atoms with Gasteiger partial charge in [-0.25, -0.2) is 0 Å². The second-order valence-corrected chi connectivity index (χ2v) is 5.39. The van der Waals surface area contributed by atoms with E-state index < -0.39 is 0 Å². The highest BCUT2D eigenvalue weighted by molar-refractivity contribution is 4.84. The molecule has 0 fully saturated rings. The number of rotatable bonds is 8. The molecule has 3 heteroatoms. The molecule has 16 heavy (non-hydrogen) atoms. The molecule has 0 spiro atoms. The predicted octanol–water partition coefficient (Wildman–Crippen LogP) is 1.84. The van der Waals surface area contributed by atoms with Crippen molar-refractivity contribution in [1.82, 2.24) is 4.90 Å². The molecule has 2 unspecified atom stereocenters. The van der Waals surface area contributed by atoms with Gasteiger partial charge in [-0.2, -0.15) is 0 Å². The molecule has 0 saturated heterocycles. The lowest BCUT2D eigenvalue weighted by molar-refractivity contribution is 0.0661. The molecule has 2 atom stereocenters. The average Bonchev–Trinajstić information content (AvgIpc) is 2.17. The summed E-state index contributed by atoms with van der Waals surface area (Å²) in [4.78, 5) is 2.34. The van der Waals surface area contributed by atoms with E-state index in [2.05, 4.69) is 39.5 Å². The maximum Gasteiger partial charge on any atom is 0.0602 e. The summed E-state index contributed by atoms with van der Waals surface area (Å²) in [5, 5.41) is 9.53. The van der Waals surface area contributed by atoms with Crippen molar-refractivity contribution < 1.29 is 5.11 Å². The van der Waals surface area contributed by atoms with Crippen LogP contribution in [-0.4, -0.2) is 41.3 Å². The fourth-order valence-electron chi connectivity index (χ4n) is 2.16. The van der Waals surface area contributed by atoms with Crippen LogP contribution < -0.4 is 5.73 Å². The lowest BCUT2D eigenvalue weighted by atomic mass is 10.0. The minimum absolute atomic E-state index is 0.0798. The topological polar surface area (TPSA) is 49.5 Å². The van der Waals surface area contributed by atoms with Crippen molar-refractivity contribution in [3.63, 3.8) is 0 Å². The summed E-state index contributed by atoms with van der Waals surface area (Å²) < 4.78 is 0. The summed E-state index contributed by atoms with van der Waals surface area (Å²) in [5.41, 5.74) is 6.15. The molecule has 0 amide bonds. The molecule has 0 aliphatic rings. The minimum atomic E-state index is 0.0798. The van der Waals surface area contributed by atoms with Gasteiger partial charge in [0.1, 0.15) is 0 Å². The summed E-state index contributed by atoms with van der Waals surface area (Å²) >= 11 is 0. The lowest BCUT2D eigenvalue weighted by Crippen LogP contribution is -2.53. The number of nitrogens with two attached hydrogens (primary N) is 1. The Hall–Kier alpha value is -0.120. The van der Waals surface area contributed by atoms with Gasteiger partial charge in [0.2, 0.25) is 0 Å². The largest absolute Gasteiger partial charge is 0.395 e.